The highest BCUT2D eigenvalue weighted by atomic mass is 35.5. The maximum Gasteiger partial charge on any atom is 0.223 e. The Balaban J connectivity index is 1.74. The number of fused-ring (bicyclic) bond motifs is 1. The number of ether oxygens (including phenoxy) is 2. The SMILES string of the molecule is CC(=O)Nc1nc(CS(=O)(=O)Cc2cc(Cl)c3c(c2)OCCO3)cs1. The Bertz CT molecular complexity index is 911. The zero-order valence-corrected chi connectivity index (χ0v) is 15.6. The van der Waals surface area contributed by atoms with E-state index < -0.39 is 9.84 Å². The van der Waals surface area contributed by atoms with Crippen LogP contribution >= 0.6 is 22.9 Å². The summed E-state index contributed by atoms with van der Waals surface area (Å²) in [6, 6.07) is 3.19. The molecule has 0 spiro atoms. The maximum absolute atomic E-state index is 12.4. The van der Waals surface area contributed by atoms with Crippen molar-refractivity contribution in [3.8, 4) is 11.5 Å². The van der Waals surface area contributed by atoms with Crippen LogP contribution in [-0.4, -0.2) is 32.5 Å². The molecule has 0 aliphatic carbocycles. The van der Waals surface area contributed by atoms with Crippen LogP contribution in [0.15, 0.2) is 17.5 Å². The van der Waals surface area contributed by atoms with Gasteiger partial charge < -0.3 is 14.8 Å². The van der Waals surface area contributed by atoms with E-state index in [1.165, 1.54) is 18.3 Å². The van der Waals surface area contributed by atoms with Crippen molar-refractivity contribution in [2.75, 3.05) is 18.5 Å². The van der Waals surface area contributed by atoms with E-state index in [-0.39, 0.29) is 17.4 Å². The van der Waals surface area contributed by atoms with Gasteiger partial charge in [0, 0.05) is 12.3 Å². The molecule has 1 aromatic carbocycles. The number of hydrogen-bond acceptors (Lipinski definition) is 7. The van der Waals surface area contributed by atoms with Gasteiger partial charge in [-0.3, -0.25) is 4.79 Å². The lowest BCUT2D eigenvalue weighted by Crippen LogP contribution is -2.16. The minimum Gasteiger partial charge on any atom is -0.486 e. The van der Waals surface area contributed by atoms with Crippen molar-refractivity contribution in [2.24, 2.45) is 0 Å². The molecular weight excluding hydrogens is 388 g/mol. The molecule has 134 valence electrons. The highest BCUT2D eigenvalue weighted by Crippen LogP contribution is 2.38. The van der Waals surface area contributed by atoms with E-state index >= 15 is 0 Å². The minimum absolute atomic E-state index is 0.198. The lowest BCUT2D eigenvalue weighted by Gasteiger charge is -2.20. The zero-order chi connectivity index (χ0) is 18.0. The third-order valence-corrected chi connectivity index (χ3v) is 5.84. The molecule has 2 aromatic rings. The average molecular weight is 403 g/mol. The Labute approximate surface area is 153 Å². The molecule has 7 nitrogen and oxygen atoms in total. The van der Waals surface area contributed by atoms with Crippen molar-refractivity contribution < 1.29 is 22.7 Å². The summed E-state index contributed by atoms with van der Waals surface area (Å²) >= 11 is 7.32. The summed E-state index contributed by atoms with van der Waals surface area (Å²) in [6.45, 7) is 2.17. The number of hydrogen-bond donors (Lipinski definition) is 1. The molecule has 0 saturated carbocycles. The first-order chi connectivity index (χ1) is 11.8. The van der Waals surface area contributed by atoms with E-state index in [4.69, 9.17) is 21.1 Å². The number of rotatable bonds is 5. The van der Waals surface area contributed by atoms with Gasteiger partial charge in [0.15, 0.2) is 26.5 Å². The lowest BCUT2D eigenvalue weighted by molar-refractivity contribution is -0.114. The zero-order valence-electron chi connectivity index (χ0n) is 13.2. The molecule has 1 aliphatic heterocycles. The summed E-state index contributed by atoms with van der Waals surface area (Å²) in [4.78, 5) is 15.1. The van der Waals surface area contributed by atoms with Crippen LogP contribution < -0.4 is 14.8 Å². The Morgan fingerprint density at radius 2 is 2.08 bits per heavy atom. The number of benzene rings is 1. The third kappa shape index (κ3) is 4.62. The molecule has 1 aliphatic rings. The van der Waals surface area contributed by atoms with Crippen LogP contribution in [0.1, 0.15) is 18.2 Å². The van der Waals surface area contributed by atoms with Crippen LogP contribution in [0, 0.1) is 0 Å². The fraction of sp³-hybridized carbons (Fsp3) is 0.333. The maximum atomic E-state index is 12.4. The van der Waals surface area contributed by atoms with Crippen molar-refractivity contribution >= 4 is 43.8 Å². The van der Waals surface area contributed by atoms with E-state index in [1.807, 2.05) is 0 Å². The van der Waals surface area contributed by atoms with Gasteiger partial charge in [-0.2, -0.15) is 0 Å². The number of nitrogens with one attached hydrogen (secondary N) is 1. The standard InChI is InChI=1S/C15H15ClN2O5S2/c1-9(19)17-15-18-11(6-24-15)8-25(20,21)7-10-4-12(16)14-13(5-10)22-2-3-23-14/h4-6H,2-3,7-8H2,1H3,(H,17,18,19). The monoisotopic (exact) mass is 402 g/mol. The quantitative estimate of drug-likeness (QED) is 0.826. The van der Waals surface area contributed by atoms with Gasteiger partial charge in [-0.1, -0.05) is 11.6 Å². The van der Waals surface area contributed by atoms with Gasteiger partial charge in [0.1, 0.15) is 13.2 Å². The topological polar surface area (TPSA) is 94.6 Å². The van der Waals surface area contributed by atoms with Crippen LogP contribution in [0.2, 0.25) is 5.02 Å². The lowest BCUT2D eigenvalue weighted by atomic mass is 10.2. The van der Waals surface area contributed by atoms with Crippen molar-refractivity contribution in [3.63, 3.8) is 0 Å². The van der Waals surface area contributed by atoms with Crippen LogP contribution in [0.3, 0.4) is 0 Å². The predicted octanol–water partition coefficient (Wildman–Crippen LogP) is 2.64. The molecule has 3 rings (SSSR count). The molecule has 0 fully saturated rings. The second-order valence-corrected chi connectivity index (χ2v) is 8.79. The summed E-state index contributed by atoms with van der Waals surface area (Å²) in [6.07, 6.45) is 0. The van der Waals surface area contributed by atoms with Crippen molar-refractivity contribution in [1.29, 1.82) is 0 Å². The van der Waals surface area contributed by atoms with E-state index in [0.29, 0.717) is 46.1 Å². The van der Waals surface area contributed by atoms with Crippen LogP contribution in [-0.2, 0) is 26.1 Å². The Morgan fingerprint density at radius 1 is 1.32 bits per heavy atom. The van der Waals surface area contributed by atoms with Crippen molar-refractivity contribution in [2.45, 2.75) is 18.4 Å². The van der Waals surface area contributed by atoms with Crippen molar-refractivity contribution in [1.82, 2.24) is 4.98 Å². The highest BCUT2D eigenvalue weighted by Gasteiger charge is 2.21. The molecule has 1 amide bonds. The first kappa shape index (κ1) is 18.0. The Kier molecular flexibility index (Phi) is 5.16. The summed E-state index contributed by atoms with van der Waals surface area (Å²) in [5.74, 6) is 0.208. The first-order valence-electron chi connectivity index (χ1n) is 7.33. The number of anilines is 1. The number of nitrogens with zero attached hydrogens (tertiary/aromatic N) is 1. The fourth-order valence-electron chi connectivity index (χ4n) is 2.36. The Morgan fingerprint density at radius 3 is 2.84 bits per heavy atom. The van der Waals surface area contributed by atoms with E-state index in [9.17, 15) is 13.2 Å². The Hall–Kier alpha value is -1.84. The predicted molar refractivity (Wildman–Crippen MR) is 95.2 cm³/mol. The summed E-state index contributed by atoms with van der Waals surface area (Å²) in [5, 5.41) is 4.84. The van der Waals surface area contributed by atoms with Crippen LogP contribution in [0.4, 0.5) is 5.13 Å². The molecule has 25 heavy (non-hydrogen) atoms. The second-order valence-electron chi connectivity index (χ2n) is 5.46. The largest absolute Gasteiger partial charge is 0.486 e. The summed E-state index contributed by atoms with van der Waals surface area (Å²) in [7, 11) is -3.47. The van der Waals surface area contributed by atoms with Gasteiger partial charge >= 0.3 is 0 Å². The van der Waals surface area contributed by atoms with Crippen molar-refractivity contribution in [3.05, 3.63) is 33.8 Å². The summed E-state index contributed by atoms with van der Waals surface area (Å²) in [5.41, 5.74) is 0.906. The number of halogens is 1. The molecule has 0 atom stereocenters. The fourth-order valence-corrected chi connectivity index (χ4v) is 4.88. The van der Waals surface area contributed by atoms with Gasteiger partial charge in [-0.05, 0) is 17.7 Å². The van der Waals surface area contributed by atoms with Gasteiger partial charge in [0.2, 0.25) is 5.91 Å². The number of thiazole rings is 1. The van der Waals surface area contributed by atoms with Gasteiger partial charge in [-0.25, -0.2) is 13.4 Å². The third-order valence-electron chi connectivity index (χ3n) is 3.25. The summed E-state index contributed by atoms with van der Waals surface area (Å²) < 4.78 is 35.8. The normalized spacial score (nSPS) is 13.5. The molecule has 0 radical (unpaired) electrons. The number of aromatic nitrogens is 1. The van der Waals surface area contributed by atoms with E-state index in [0.717, 1.165) is 0 Å². The minimum atomic E-state index is -3.47. The second kappa shape index (κ2) is 7.19. The van der Waals surface area contributed by atoms with Gasteiger partial charge in [0.25, 0.3) is 0 Å². The van der Waals surface area contributed by atoms with Gasteiger partial charge in [0.05, 0.1) is 22.2 Å². The first-order valence-corrected chi connectivity index (χ1v) is 10.4. The molecule has 1 N–H and O–H groups in total. The number of carbonyl (C=O) groups excluding carboxylic acids is 1. The number of amides is 1. The molecule has 2 heterocycles. The molecule has 10 heteroatoms. The van der Waals surface area contributed by atoms with Crippen LogP contribution in [0.5, 0.6) is 11.5 Å². The number of sulfone groups is 1. The van der Waals surface area contributed by atoms with E-state index in [2.05, 4.69) is 10.3 Å². The molecule has 0 saturated heterocycles. The highest BCUT2D eigenvalue weighted by molar-refractivity contribution is 7.89. The number of carbonyl (C=O) groups is 1. The average Bonchev–Trinajstić information content (AvgIpc) is 2.92. The smallest absolute Gasteiger partial charge is 0.223 e. The molecule has 1 aromatic heterocycles. The van der Waals surface area contributed by atoms with Crippen LogP contribution in [0.25, 0.3) is 0 Å². The molecular formula is C15H15ClN2O5S2. The van der Waals surface area contributed by atoms with Gasteiger partial charge in [-0.15, -0.1) is 11.3 Å². The van der Waals surface area contributed by atoms with E-state index in [1.54, 1.807) is 17.5 Å². The molecule has 0 unspecified atom stereocenters. The molecule has 0 bridgehead atoms.